The Kier molecular flexibility index (Phi) is 12.9. The lowest BCUT2D eigenvalue weighted by atomic mass is 10.1. The van der Waals surface area contributed by atoms with Crippen LogP contribution in [0.25, 0.3) is 0 Å². The van der Waals surface area contributed by atoms with E-state index in [1.54, 1.807) is 12.1 Å². The number of carbonyl (C=O) groups excluding carboxylic acids is 1. The van der Waals surface area contributed by atoms with Gasteiger partial charge in [-0.05, 0) is 66.9 Å². The molecule has 3 aromatic carbocycles. The zero-order valence-electron chi connectivity index (χ0n) is 23.7. The first-order chi connectivity index (χ1) is 20.8. The Bertz CT molecular complexity index is 1420. The Hall–Kier alpha value is -5.05. The monoisotopic (exact) mass is 590 g/mol. The van der Waals surface area contributed by atoms with E-state index in [4.69, 9.17) is 25.5 Å². The molecule has 0 aromatic heterocycles. The van der Waals surface area contributed by atoms with E-state index >= 15 is 0 Å². The fourth-order valence-corrected chi connectivity index (χ4v) is 4.07. The fourth-order valence-electron chi connectivity index (χ4n) is 4.07. The molecule has 11 nitrogen and oxygen atoms in total. The lowest BCUT2D eigenvalue weighted by molar-refractivity contribution is -0.00658. The van der Waals surface area contributed by atoms with Crippen molar-refractivity contribution in [2.24, 2.45) is 0 Å². The van der Waals surface area contributed by atoms with E-state index in [0.717, 1.165) is 19.3 Å². The number of hydroxylamine groups is 1. The summed E-state index contributed by atoms with van der Waals surface area (Å²) >= 11 is 0. The van der Waals surface area contributed by atoms with Crippen LogP contribution in [0.4, 0.5) is 0 Å². The number of benzene rings is 3. The van der Waals surface area contributed by atoms with Crippen LogP contribution in [0.15, 0.2) is 66.7 Å². The molecule has 3 rings (SSSR count). The van der Waals surface area contributed by atoms with Gasteiger partial charge in [-0.3, -0.25) is 9.63 Å². The van der Waals surface area contributed by atoms with Gasteiger partial charge >= 0.3 is 11.9 Å². The Morgan fingerprint density at radius 2 is 1.51 bits per heavy atom. The van der Waals surface area contributed by atoms with Crippen LogP contribution in [0.1, 0.15) is 69.2 Å². The zero-order chi connectivity index (χ0) is 31.0. The van der Waals surface area contributed by atoms with Crippen molar-refractivity contribution in [2.75, 3.05) is 13.2 Å². The molecule has 0 fully saturated rings. The minimum atomic E-state index is -1.29. The molecule has 0 radical (unpaired) electrons. The standard InChI is InChI=1S/C32H34N2O9/c1-3-5-7-12-29(33-30(35)28-20-25(40-4-2)14-16-27(28)32(38)39)34-43-21-22-19-24(13-15-26(22)31(36)37)42-18-17-41-23-10-8-6-9-11-23/h2,6,8-11,13-16,19-20,29,34H,3,5,7,12,17-18,21H2,1H3,(H,33,35)(H,36,37)(H,38,39). The molecule has 0 aliphatic carbocycles. The Balaban J connectivity index is 1.66. The number of aromatic carboxylic acids is 2. The second-order valence-electron chi connectivity index (χ2n) is 9.29. The van der Waals surface area contributed by atoms with Gasteiger partial charge < -0.3 is 29.7 Å². The highest BCUT2D eigenvalue weighted by atomic mass is 16.6. The first-order valence-corrected chi connectivity index (χ1v) is 13.7. The first-order valence-electron chi connectivity index (χ1n) is 13.7. The second kappa shape index (κ2) is 17.0. The van der Waals surface area contributed by atoms with E-state index in [2.05, 4.69) is 10.8 Å². The molecular weight excluding hydrogens is 556 g/mol. The predicted octanol–water partition coefficient (Wildman–Crippen LogP) is 4.87. The maximum absolute atomic E-state index is 13.1. The summed E-state index contributed by atoms with van der Waals surface area (Å²) in [5.41, 5.74) is 2.77. The molecule has 0 saturated carbocycles. The molecule has 0 saturated heterocycles. The lowest BCUT2D eigenvalue weighted by Gasteiger charge is -2.21. The first kappa shape index (κ1) is 32.5. The number of hydrogen-bond donors (Lipinski definition) is 4. The summed E-state index contributed by atoms with van der Waals surface area (Å²) in [6.07, 6.45) is 9.44. The van der Waals surface area contributed by atoms with Crippen LogP contribution in [0.3, 0.4) is 0 Å². The number of carboxylic acid groups (broad SMARTS) is 2. The molecule has 43 heavy (non-hydrogen) atoms. The van der Waals surface area contributed by atoms with Crippen molar-refractivity contribution in [3.63, 3.8) is 0 Å². The number of amides is 1. The summed E-state index contributed by atoms with van der Waals surface area (Å²) in [4.78, 5) is 42.3. The maximum Gasteiger partial charge on any atom is 0.336 e. The van der Waals surface area contributed by atoms with E-state index in [1.807, 2.05) is 43.4 Å². The topological polar surface area (TPSA) is 153 Å². The number of unbranched alkanes of at least 4 members (excludes halogenated alkanes) is 2. The highest BCUT2D eigenvalue weighted by molar-refractivity contribution is 6.05. The number of ether oxygens (including phenoxy) is 3. The molecule has 1 atom stereocenters. The van der Waals surface area contributed by atoms with Crippen LogP contribution in [0.2, 0.25) is 0 Å². The van der Waals surface area contributed by atoms with Crippen molar-refractivity contribution in [1.82, 2.24) is 10.8 Å². The molecule has 1 unspecified atom stereocenters. The van der Waals surface area contributed by atoms with Crippen molar-refractivity contribution in [2.45, 2.75) is 45.4 Å². The number of rotatable bonds is 18. The van der Waals surface area contributed by atoms with Crippen molar-refractivity contribution in [3.8, 4) is 29.8 Å². The molecular formula is C32H34N2O9. The molecule has 226 valence electrons. The van der Waals surface area contributed by atoms with Gasteiger partial charge in [0.25, 0.3) is 5.91 Å². The Morgan fingerprint density at radius 3 is 2.19 bits per heavy atom. The zero-order valence-corrected chi connectivity index (χ0v) is 23.7. The van der Waals surface area contributed by atoms with Crippen LogP contribution in [-0.2, 0) is 11.4 Å². The van der Waals surface area contributed by atoms with E-state index in [0.29, 0.717) is 30.1 Å². The summed E-state index contributed by atoms with van der Waals surface area (Å²) in [5, 5.41) is 22.0. The normalized spacial score (nSPS) is 11.2. The van der Waals surface area contributed by atoms with E-state index in [1.165, 1.54) is 24.3 Å². The van der Waals surface area contributed by atoms with Crippen LogP contribution in [0.5, 0.6) is 17.2 Å². The minimum Gasteiger partial charge on any atom is -0.490 e. The molecule has 0 aliphatic heterocycles. The molecule has 0 heterocycles. The number of carboxylic acids is 2. The summed E-state index contributed by atoms with van der Waals surface area (Å²) in [6.45, 7) is 2.39. The predicted molar refractivity (Wildman–Crippen MR) is 157 cm³/mol. The maximum atomic E-state index is 13.1. The Morgan fingerprint density at radius 1 is 0.837 bits per heavy atom. The smallest absolute Gasteiger partial charge is 0.336 e. The minimum absolute atomic E-state index is 0.0256. The van der Waals surface area contributed by atoms with Gasteiger partial charge in [-0.15, -0.1) is 0 Å². The summed E-state index contributed by atoms with van der Waals surface area (Å²) < 4.78 is 16.3. The van der Waals surface area contributed by atoms with Crippen molar-refractivity contribution >= 4 is 17.8 Å². The second-order valence-corrected chi connectivity index (χ2v) is 9.29. The third-order valence-corrected chi connectivity index (χ3v) is 6.17. The molecule has 11 heteroatoms. The van der Waals surface area contributed by atoms with Gasteiger partial charge in [0.05, 0.1) is 23.3 Å². The van der Waals surface area contributed by atoms with Gasteiger partial charge in [0, 0.05) is 0 Å². The highest BCUT2D eigenvalue weighted by Crippen LogP contribution is 2.21. The fraction of sp³-hybridized carbons (Fsp3) is 0.281. The number of carbonyl (C=O) groups is 3. The number of para-hydroxylation sites is 1. The quantitative estimate of drug-likeness (QED) is 0.0699. The average Bonchev–Trinajstić information content (AvgIpc) is 3.00. The summed E-state index contributed by atoms with van der Waals surface area (Å²) in [6, 6.07) is 17.6. The summed E-state index contributed by atoms with van der Waals surface area (Å²) in [5.74, 6) is -1.83. The molecule has 4 N–H and O–H groups in total. The number of nitrogens with one attached hydrogen (secondary N) is 2. The molecule has 0 aliphatic rings. The van der Waals surface area contributed by atoms with Gasteiger partial charge in [-0.25, -0.2) is 9.59 Å². The van der Waals surface area contributed by atoms with Gasteiger partial charge in [0.2, 0.25) is 0 Å². The third kappa shape index (κ3) is 10.4. The van der Waals surface area contributed by atoms with Crippen molar-refractivity contribution in [1.29, 1.82) is 0 Å². The summed E-state index contributed by atoms with van der Waals surface area (Å²) in [7, 11) is 0. The van der Waals surface area contributed by atoms with Gasteiger partial charge in [0.15, 0.2) is 0 Å². The van der Waals surface area contributed by atoms with Crippen LogP contribution in [0, 0.1) is 12.5 Å². The number of terminal acetylenes is 1. The largest absolute Gasteiger partial charge is 0.490 e. The third-order valence-electron chi connectivity index (χ3n) is 6.17. The lowest BCUT2D eigenvalue weighted by Crippen LogP contribution is -2.45. The molecule has 3 aromatic rings. The van der Waals surface area contributed by atoms with Crippen LogP contribution < -0.4 is 25.0 Å². The van der Waals surface area contributed by atoms with E-state index in [9.17, 15) is 24.6 Å². The van der Waals surface area contributed by atoms with Gasteiger partial charge in [-0.2, -0.15) is 5.48 Å². The highest BCUT2D eigenvalue weighted by Gasteiger charge is 2.21. The van der Waals surface area contributed by atoms with Crippen molar-refractivity contribution in [3.05, 3.63) is 89.0 Å². The van der Waals surface area contributed by atoms with Crippen LogP contribution >= 0.6 is 0 Å². The van der Waals surface area contributed by atoms with Crippen LogP contribution in [-0.4, -0.2) is 47.4 Å². The van der Waals surface area contributed by atoms with Gasteiger partial charge in [-0.1, -0.05) is 44.4 Å². The average molecular weight is 591 g/mol. The number of hydrogen-bond acceptors (Lipinski definition) is 8. The van der Waals surface area contributed by atoms with Crippen molar-refractivity contribution < 1.29 is 43.6 Å². The van der Waals surface area contributed by atoms with Gasteiger partial charge in [0.1, 0.15) is 42.7 Å². The van der Waals surface area contributed by atoms with E-state index < -0.39 is 24.0 Å². The Labute approximate surface area is 249 Å². The molecule has 1 amide bonds. The van der Waals surface area contributed by atoms with E-state index in [-0.39, 0.29) is 35.7 Å². The molecule has 0 spiro atoms. The molecule has 0 bridgehead atoms. The SMILES string of the molecule is C#COc1ccc(C(=O)O)c(C(=O)NC(CCCCC)NOCc2cc(OCCOc3ccccc3)ccc2C(=O)O)c1.